The molecule has 0 heterocycles. The molecule has 1 N–H and O–H groups in total. The first-order valence-corrected chi connectivity index (χ1v) is 5.53. The van der Waals surface area contributed by atoms with Crippen LogP contribution in [-0.2, 0) is 14.3 Å². The van der Waals surface area contributed by atoms with Crippen molar-refractivity contribution in [3.05, 3.63) is 0 Å². The van der Waals surface area contributed by atoms with Gasteiger partial charge >= 0.3 is 5.97 Å². The fraction of sp³-hybridized carbons (Fsp3) is 0.818. The number of nitrogens with zero attached hydrogens (tertiary/aromatic N) is 1. The van der Waals surface area contributed by atoms with Gasteiger partial charge in [-0.2, -0.15) is 0 Å². The van der Waals surface area contributed by atoms with Crippen molar-refractivity contribution < 1.29 is 19.4 Å². The summed E-state index contributed by atoms with van der Waals surface area (Å²) in [7, 11) is 1.33. The topological polar surface area (TPSA) is 66.8 Å². The molecule has 1 atom stereocenters. The van der Waals surface area contributed by atoms with Crippen LogP contribution in [-0.4, -0.2) is 48.7 Å². The highest BCUT2D eigenvalue weighted by atomic mass is 16.5. The summed E-state index contributed by atoms with van der Waals surface area (Å²) >= 11 is 0. The van der Waals surface area contributed by atoms with Gasteiger partial charge in [0, 0.05) is 26.1 Å². The number of carbonyl (C=O) groups excluding carboxylic acids is 2. The zero-order valence-electron chi connectivity index (χ0n) is 10.2. The molecule has 5 heteroatoms. The molecule has 0 rings (SSSR count). The largest absolute Gasteiger partial charge is 0.469 e. The van der Waals surface area contributed by atoms with E-state index in [-0.39, 0.29) is 24.4 Å². The predicted octanol–water partition coefficient (Wildman–Crippen LogP) is 0.416. The number of rotatable bonds is 7. The van der Waals surface area contributed by atoms with Crippen LogP contribution in [0.4, 0.5) is 0 Å². The van der Waals surface area contributed by atoms with Crippen LogP contribution in [0.5, 0.6) is 0 Å². The van der Waals surface area contributed by atoms with Gasteiger partial charge in [-0.25, -0.2) is 0 Å². The minimum Gasteiger partial charge on any atom is -0.469 e. The Kier molecular flexibility index (Phi) is 7.54. The van der Waals surface area contributed by atoms with Crippen LogP contribution in [0.15, 0.2) is 0 Å². The van der Waals surface area contributed by atoms with Crippen molar-refractivity contribution in [3.8, 4) is 0 Å². The molecule has 0 saturated heterocycles. The highest BCUT2D eigenvalue weighted by molar-refractivity contribution is 5.77. The Balaban J connectivity index is 4.29. The molecule has 0 bridgehead atoms. The summed E-state index contributed by atoms with van der Waals surface area (Å²) in [5.74, 6) is -0.665. The van der Waals surface area contributed by atoms with Gasteiger partial charge < -0.3 is 14.7 Å². The molecule has 0 aromatic rings. The SMILES string of the molecule is CCC(=O)N(CCCO)CC(C)C(=O)OC. The Morgan fingerprint density at radius 1 is 1.44 bits per heavy atom. The molecule has 1 amide bonds. The van der Waals surface area contributed by atoms with Gasteiger partial charge in [-0.05, 0) is 6.42 Å². The van der Waals surface area contributed by atoms with Crippen LogP contribution < -0.4 is 0 Å². The summed E-state index contributed by atoms with van der Waals surface area (Å²) in [6.07, 6.45) is 0.930. The molecule has 0 spiro atoms. The molecular weight excluding hydrogens is 210 g/mol. The van der Waals surface area contributed by atoms with Gasteiger partial charge in [0.15, 0.2) is 0 Å². The number of methoxy groups -OCH3 is 1. The summed E-state index contributed by atoms with van der Waals surface area (Å²) in [5, 5.41) is 8.73. The maximum absolute atomic E-state index is 11.6. The first-order chi connectivity index (χ1) is 7.56. The van der Waals surface area contributed by atoms with Crippen LogP contribution in [0.25, 0.3) is 0 Å². The van der Waals surface area contributed by atoms with Crippen molar-refractivity contribution in [2.24, 2.45) is 5.92 Å². The Bertz CT molecular complexity index is 230. The second-order valence-electron chi connectivity index (χ2n) is 3.69. The summed E-state index contributed by atoms with van der Waals surface area (Å²) in [6, 6.07) is 0. The number of esters is 1. The number of ether oxygens (including phenoxy) is 1. The second kappa shape index (κ2) is 8.10. The second-order valence-corrected chi connectivity index (χ2v) is 3.69. The average molecular weight is 231 g/mol. The van der Waals surface area contributed by atoms with Gasteiger partial charge in [-0.1, -0.05) is 13.8 Å². The zero-order valence-corrected chi connectivity index (χ0v) is 10.2. The van der Waals surface area contributed by atoms with E-state index in [1.165, 1.54) is 7.11 Å². The monoisotopic (exact) mass is 231 g/mol. The van der Waals surface area contributed by atoms with E-state index in [0.717, 1.165) is 0 Å². The average Bonchev–Trinajstić information content (AvgIpc) is 2.31. The molecule has 0 aliphatic heterocycles. The fourth-order valence-electron chi connectivity index (χ4n) is 1.41. The minimum absolute atomic E-state index is 0.01000. The molecule has 0 aromatic carbocycles. The van der Waals surface area contributed by atoms with Gasteiger partial charge in [0.2, 0.25) is 5.91 Å². The summed E-state index contributed by atoms with van der Waals surface area (Å²) < 4.78 is 4.60. The maximum atomic E-state index is 11.6. The Morgan fingerprint density at radius 2 is 2.06 bits per heavy atom. The molecule has 0 aliphatic carbocycles. The molecule has 0 fully saturated rings. The third-order valence-electron chi connectivity index (χ3n) is 2.34. The molecule has 0 saturated carbocycles. The number of hydrogen-bond donors (Lipinski definition) is 1. The van der Waals surface area contributed by atoms with Crippen molar-refractivity contribution in [1.82, 2.24) is 4.90 Å². The van der Waals surface area contributed by atoms with Crippen molar-refractivity contribution in [1.29, 1.82) is 0 Å². The highest BCUT2D eigenvalue weighted by Gasteiger charge is 2.19. The lowest BCUT2D eigenvalue weighted by atomic mass is 10.1. The van der Waals surface area contributed by atoms with Crippen molar-refractivity contribution >= 4 is 11.9 Å². The van der Waals surface area contributed by atoms with Gasteiger partial charge in [0.05, 0.1) is 13.0 Å². The third-order valence-corrected chi connectivity index (χ3v) is 2.34. The van der Waals surface area contributed by atoms with Crippen LogP contribution in [0.1, 0.15) is 26.7 Å². The first-order valence-electron chi connectivity index (χ1n) is 5.53. The Labute approximate surface area is 96.4 Å². The molecule has 5 nitrogen and oxygen atoms in total. The number of aliphatic hydroxyl groups is 1. The lowest BCUT2D eigenvalue weighted by Crippen LogP contribution is -2.37. The standard InChI is InChI=1S/C11H21NO4/c1-4-10(14)12(6-5-7-13)8-9(2)11(15)16-3/h9,13H,4-8H2,1-3H3. The maximum Gasteiger partial charge on any atom is 0.310 e. The smallest absolute Gasteiger partial charge is 0.310 e. The van der Waals surface area contributed by atoms with Crippen LogP contribution in [0.2, 0.25) is 0 Å². The quantitative estimate of drug-likeness (QED) is 0.645. The highest BCUT2D eigenvalue weighted by Crippen LogP contribution is 2.05. The van der Waals surface area contributed by atoms with Gasteiger partial charge in [-0.15, -0.1) is 0 Å². The number of carbonyl (C=O) groups is 2. The number of hydrogen-bond acceptors (Lipinski definition) is 4. The van der Waals surface area contributed by atoms with E-state index >= 15 is 0 Å². The lowest BCUT2D eigenvalue weighted by Gasteiger charge is -2.24. The molecule has 0 aliphatic rings. The molecule has 94 valence electrons. The van der Waals surface area contributed by atoms with E-state index in [0.29, 0.717) is 25.9 Å². The van der Waals surface area contributed by atoms with Gasteiger partial charge in [0.1, 0.15) is 0 Å². The van der Waals surface area contributed by atoms with Crippen molar-refractivity contribution in [3.63, 3.8) is 0 Å². The van der Waals surface area contributed by atoms with E-state index in [1.807, 2.05) is 0 Å². The summed E-state index contributed by atoms with van der Waals surface area (Å²) in [5.41, 5.74) is 0. The number of aliphatic hydroxyl groups excluding tert-OH is 1. The van der Waals surface area contributed by atoms with E-state index in [2.05, 4.69) is 4.74 Å². The lowest BCUT2D eigenvalue weighted by molar-refractivity contribution is -0.146. The van der Waals surface area contributed by atoms with Crippen molar-refractivity contribution in [2.75, 3.05) is 26.8 Å². The summed E-state index contributed by atoms with van der Waals surface area (Å²) in [6.45, 7) is 4.36. The summed E-state index contributed by atoms with van der Waals surface area (Å²) in [4.78, 5) is 24.4. The first kappa shape index (κ1) is 14.9. The number of amides is 1. The van der Waals surface area contributed by atoms with Crippen LogP contribution >= 0.6 is 0 Å². The fourth-order valence-corrected chi connectivity index (χ4v) is 1.41. The molecule has 1 unspecified atom stereocenters. The van der Waals surface area contributed by atoms with Crippen molar-refractivity contribution in [2.45, 2.75) is 26.7 Å². The van der Waals surface area contributed by atoms with E-state index in [4.69, 9.17) is 5.11 Å². The third kappa shape index (κ3) is 5.11. The van der Waals surface area contributed by atoms with Gasteiger partial charge in [0.25, 0.3) is 0 Å². The molecule has 16 heavy (non-hydrogen) atoms. The molecule has 0 aromatic heterocycles. The Hall–Kier alpha value is -1.10. The molecular formula is C11H21NO4. The van der Waals surface area contributed by atoms with E-state index < -0.39 is 0 Å². The van der Waals surface area contributed by atoms with E-state index in [9.17, 15) is 9.59 Å². The van der Waals surface area contributed by atoms with Crippen LogP contribution in [0.3, 0.4) is 0 Å². The van der Waals surface area contributed by atoms with E-state index in [1.54, 1.807) is 18.7 Å². The van der Waals surface area contributed by atoms with Crippen LogP contribution in [0, 0.1) is 5.92 Å². The predicted molar refractivity (Wildman–Crippen MR) is 59.8 cm³/mol. The molecule has 0 radical (unpaired) electrons. The Morgan fingerprint density at radius 3 is 2.50 bits per heavy atom. The minimum atomic E-state index is -0.334. The van der Waals surface area contributed by atoms with Gasteiger partial charge in [-0.3, -0.25) is 9.59 Å². The normalized spacial score (nSPS) is 12.0. The zero-order chi connectivity index (χ0) is 12.6.